The zero-order valence-electron chi connectivity index (χ0n) is 19.1. The number of pyridine rings is 1. The van der Waals surface area contributed by atoms with Gasteiger partial charge in [0.2, 0.25) is 0 Å². The Morgan fingerprint density at radius 2 is 2.03 bits per heavy atom. The van der Waals surface area contributed by atoms with Gasteiger partial charge in [-0.1, -0.05) is 29.8 Å². The minimum Gasteiger partial charge on any atom is -0.473 e. The maximum absolute atomic E-state index is 13.0. The number of aromatic nitrogens is 3. The topological polar surface area (TPSA) is 120 Å². The first-order chi connectivity index (χ1) is 16.2. The van der Waals surface area contributed by atoms with Crippen LogP contribution >= 0.6 is 0 Å². The zero-order valence-corrected chi connectivity index (χ0v) is 19.9. The Hall–Kier alpha value is -3.27. The molecule has 0 spiro atoms. The molecule has 0 bridgehead atoms. The highest BCUT2D eigenvalue weighted by atomic mass is 32.2. The van der Waals surface area contributed by atoms with Gasteiger partial charge in [0.25, 0.3) is 17.3 Å². The molecule has 2 fully saturated rings. The van der Waals surface area contributed by atoms with E-state index in [1.807, 2.05) is 31.2 Å². The first-order valence-electron chi connectivity index (χ1n) is 11.3. The Morgan fingerprint density at radius 1 is 1.26 bits per heavy atom. The van der Waals surface area contributed by atoms with Gasteiger partial charge in [-0.05, 0) is 44.2 Å². The molecule has 9 nitrogen and oxygen atoms in total. The summed E-state index contributed by atoms with van der Waals surface area (Å²) in [5.74, 6) is -0.406. The van der Waals surface area contributed by atoms with Crippen LogP contribution in [0.3, 0.4) is 0 Å². The number of benzene rings is 1. The predicted molar refractivity (Wildman–Crippen MR) is 127 cm³/mol. The molecule has 0 saturated heterocycles. The molecule has 1 N–H and O–H groups in total. The number of amides is 1. The number of carbonyl (C=O) groups excluding carboxylic acids is 1. The summed E-state index contributed by atoms with van der Waals surface area (Å²) in [6, 6.07) is 9.22. The number of hydrogen-bond donors (Lipinski definition) is 1. The van der Waals surface area contributed by atoms with Crippen molar-refractivity contribution in [1.82, 2.24) is 20.1 Å². The van der Waals surface area contributed by atoms with Crippen LogP contribution in [0.1, 0.15) is 47.2 Å². The largest absolute Gasteiger partial charge is 0.473 e. The normalized spacial score (nSPS) is 16.9. The molecule has 1 aromatic carbocycles. The minimum atomic E-state index is -3.24. The van der Waals surface area contributed by atoms with Crippen molar-refractivity contribution in [2.45, 2.75) is 49.1 Å². The SMILES string of the molecule is Cc1cccc(CNC(=O)c2cc3cnnc(OCC4(S(=O)(=O)C5CC5)CC4)c3n(C)c2=O)c1. The molecule has 2 aliphatic rings. The Kier molecular flexibility index (Phi) is 5.43. The molecule has 10 heteroatoms. The summed E-state index contributed by atoms with van der Waals surface area (Å²) in [6.45, 7) is 2.24. The quantitative estimate of drug-likeness (QED) is 0.522. The fourth-order valence-corrected chi connectivity index (χ4v) is 6.62. The molecule has 5 rings (SSSR count). The summed E-state index contributed by atoms with van der Waals surface area (Å²) in [7, 11) is -1.71. The van der Waals surface area contributed by atoms with Crippen molar-refractivity contribution in [3.05, 3.63) is 63.6 Å². The maximum atomic E-state index is 13.0. The van der Waals surface area contributed by atoms with Crippen LogP contribution in [0.2, 0.25) is 0 Å². The van der Waals surface area contributed by atoms with Crippen molar-refractivity contribution in [2.24, 2.45) is 7.05 Å². The van der Waals surface area contributed by atoms with Gasteiger partial charge in [-0.15, -0.1) is 5.10 Å². The number of fused-ring (bicyclic) bond motifs is 1. The fraction of sp³-hybridized carbons (Fsp3) is 0.417. The van der Waals surface area contributed by atoms with Gasteiger partial charge in [0.15, 0.2) is 9.84 Å². The van der Waals surface area contributed by atoms with Gasteiger partial charge >= 0.3 is 0 Å². The molecule has 0 radical (unpaired) electrons. The van der Waals surface area contributed by atoms with Crippen LogP contribution in [0.15, 0.2) is 41.3 Å². The number of carbonyl (C=O) groups is 1. The van der Waals surface area contributed by atoms with Crippen molar-refractivity contribution in [3.63, 3.8) is 0 Å². The molecule has 0 atom stereocenters. The molecular weight excluding hydrogens is 456 g/mol. The first-order valence-corrected chi connectivity index (χ1v) is 12.8. The summed E-state index contributed by atoms with van der Waals surface area (Å²) < 4.78 is 31.8. The third-order valence-electron chi connectivity index (χ3n) is 6.62. The van der Waals surface area contributed by atoms with E-state index in [2.05, 4.69) is 15.5 Å². The monoisotopic (exact) mass is 482 g/mol. The molecule has 0 unspecified atom stereocenters. The van der Waals surface area contributed by atoms with Crippen molar-refractivity contribution in [2.75, 3.05) is 6.61 Å². The molecule has 2 aliphatic carbocycles. The van der Waals surface area contributed by atoms with E-state index in [0.29, 0.717) is 43.1 Å². The Morgan fingerprint density at radius 3 is 2.71 bits per heavy atom. The lowest BCUT2D eigenvalue weighted by atomic mass is 10.1. The van der Waals surface area contributed by atoms with E-state index in [4.69, 9.17) is 4.74 Å². The van der Waals surface area contributed by atoms with E-state index in [9.17, 15) is 18.0 Å². The second kappa shape index (κ2) is 8.19. The average Bonchev–Trinajstić information content (AvgIpc) is 3.72. The van der Waals surface area contributed by atoms with Crippen molar-refractivity contribution in [1.29, 1.82) is 0 Å². The smallest absolute Gasteiger partial charge is 0.263 e. The number of aryl methyl sites for hydroxylation is 2. The van der Waals surface area contributed by atoms with Crippen molar-refractivity contribution in [3.8, 4) is 5.88 Å². The molecule has 2 aromatic heterocycles. The van der Waals surface area contributed by atoms with Crippen LogP contribution in [0, 0.1) is 6.92 Å². The maximum Gasteiger partial charge on any atom is 0.263 e. The lowest BCUT2D eigenvalue weighted by Crippen LogP contribution is -2.34. The summed E-state index contributed by atoms with van der Waals surface area (Å²) >= 11 is 0. The highest BCUT2D eigenvalue weighted by Crippen LogP contribution is 2.50. The van der Waals surface area contributed by atoms with Gasteiger partial charge < -0.3 is 14.6 Å². The highest BCUT2D eigenvalue weighted by molar-refractivity contribution is 7.94. The van der Waals surface area contributed by atoms with Crippen LogP contribution in [-0.2, 0) is 23.4 Å². The van der Waals surface area contributed by atoms with E-state index in [-0.39, 0.29) is 23.3 Å². The zero-order chi connectivity index (χ0) is 24.1. The molecule has 1 amide bonds. The van der Waals surface area contributed by atoms with Crippen molar-refractivity contribution >= 4 is 26.6 Å². The van der Waals surface area contributed by atoms with Gasteiger partial charge in [-0.2, -0.15) is 5.10 Å². The van der Waals surface area contributed by atoms with E-state index < -0.39 is 26.1 Å². The Bertz CT molecular complexity index is 1460. The first kappa shape index (κ1) is 22.5. The standard InChI is InChI=1S/C24H26N4O5S/c1-15-4-3-5-16(10-15)12-25-21(29)19-11-17-13-26-27-22(20(17)28(2)23(19)30)33-14-24(8-9-24)34(31,32)18-6-7-18/h3-5,10-11,13,18H,6-9,12,14H2,1-2H3,(H,25,29). The highest BCUT2D eigenvalue weighted by Gasteiger charge is 2.60. The number of rotatable bonds is 8. The summed E-state index contributed by atoms with van der Waals surface area (Å²) in [5.41, 5.74) is 1.87. The van der Waals surface area contributed by atoms with Crippen molar-refractivity contribution < 1.29 is 17.9 Å². The number of sulfone groups is 1. The molecule has 0 aliphatic heterocycles. The number of ether oxygens (including phenoxy) is 1. The lowest BCUT2D eigenvalue weighted by molar-refractivity contribution is 0.0949. The third kappa shape index (κ3) is 3.96. The summed E-state index contributed by atoms with van der Waals surface area (Å²) in [4.78, 5) is 25.8. The summed E-state index contributed by atoms with van der Waals surface area (Å²) in [6.07, 6.45) is 4.00. The van der Waals surface area contributed by atoms with Crippen LogP contribution in [0.25, 0.3) is 10.9 Å². The van der Waals surface area contributed by atoms with Gasteiger partial charge in [0.1, 0.15) is 22.4 Å². The molecule has 3 aromatic rings. The van der Waals surface area contributed by atoms with Crippen LogP contribution in [0.5, 0.6) is 5.88 Å². The number of hydrogen-bond acceptors (Lipinski definition) is 7. The predicted octanol–water partition coefficient (Wildman–Crippen LogP) is 2.06. The Balaban J connectivity index is 1.39. The molecule has 2 heterocycles. The van der Waals surface area contributed by atoms with E-state index >= 15 is 0 Å². The molecule has 34 heavy (non-hydrogen) atoms. The lowest BCUT2D eigenvalue weighted by Gasteiger charge is -2.17. The van der Waals surface area contributed by atoms with E-state index in [1.165, 1.54) is 23.9 Å². The molecule has 2 saturated carbocycles. The van der Waals surface area contributed by atoms with E-state index in [1.54, 1.807) is 0 Å². The van der Waals surface area contributed by atoms with Crippen LogP contribution in [0.4, 0.5) is 0 Å². The number of nitrogens with zero attached hydrogens (tertiary/aromatic N) is 3. The molecule has 178 valence electrons. The van der Waals surface area contributed by atoms with Gasteiger partial charge in [0, 0.05) is 19.0 Å². The third-order valence-corrected chi connectivity index (χ3v) is 9.70. The van der Waals surface area contributed by atoms with Crippen LogP contribution in [-0.4, -0.2) is 45.7 Å². The second-order valence-corrected chi connectivity index (χ2v) is 11.9. The Labute approximate surface area is 197 Å². The average molecular weight is 483 g/mol. The summed E-state index contributed by atoms with van der Waals surface area (Å²) in [5, 5.41) is 11.0. The molecular formula is C24H26N4O5S. The number of nitrogens with one attached hydrogen (secondary N) is 1. The minimum absolute atomic E-state index is 0.0171. The van der Waals surface area contributed by atoms with Gasteiger partial charge in [0.05, 0.1) is 11.4 Å². The van der Waals surface area contributed by atoms with Gasteiger partial charge in [-0.25, -0.2) is 8.42 Å². The van der Waals surface area contributed by atoms with Gasteiger partial charge in [-0.3, -0.25) is 9.59 Å². The fourth-order valence-electron chi connectivity index (χ4n) is 4.26. The second-order valence-electron chi connectivity index (χ2n) is 9.26. The van der Waals surface area contributed by atoms with Crippen LogP contribution < -0.4 is 15.6 Å². The van der Waals surface area contributed by atoms with E-state index in [0.717, 1.165) is 11.1 Å².